The van der Waals surface area contributed by atoms with Crippen LogP contribution in [0.3, 0.4) is 0 Å². The number of amides is 2. The molecule has 0 radical (unpaired) electrons. The monoisotopic (exact) mass is 333 g/mol. The van der Waals surface area contributed by atoms with Gasteiger partial charge < -0.3 is 15.2 Å². The molecule has 0 unspecified atom stereocenters. The van der Waals surface area contributed by atoms with Crippen molar-refractivity contribution in [3.63, 3.8) is 0 Å². The van der Waals surface area contributed by atoms with E-state index in [1.165, 1.54) is 14.2 Å². The Hall–Kier alpha value is -2.25. The maximum atomic E-state index is 12.7. The van der Waals surface area contributed by atoms with Gasteiger partial charge in [-0.3, -0.25) is 14.5 Å². The normalized spacial score (nSPS) is 32.2. The lowest BCUT2D eigenvalue weighted by Gasteiger charge is -2.26. The lowest BCUT2D eigenvalue weighted by Crippen LogP contribution is -2.99. The van der Waals surface area contributed by atoms with Crippen molar-refractivity contribution < 1.29 is 29.5 Å². The third-order valence-corrected chi connectivity index (χ3v) is 5.36. The van der Waals surface area contributed by atoms with E-state index < -0.39 is 41.9 Å². The van der Waals surface area contributed by atoms with Crippen LogP contribution in [0.2, 0.25) is 0 Å². The summed E-state index contributed by atoms with van der Waals surface area (Å²) in [5, 5.41) is 11.6. The van der Waals surface area contributed by atoms with Crippen molar-refractivity contribution in [1.29, 1.82) is 0 Å². The summed E-state index contributed by atoms with van der Waals surface area (Å²) >= 11 is 0. The zero-order valence-corrected chi connectivity index (χ0v) is 13.9. The topological polar surface area (TPSA) is 101 Å². The molecule has 1 aromatic carbocycles. The van der Waals surface area contributed by atoms with Crippen LogP contribution in [0.25, 0.3) is 0 Å². The summed E-state index contributed by atoms with van der Waals surface area (Å²) in [6.07, 6.45) is 0. The number of quaternary nitrogens is 1. The number of methoxy groups -OCH3 is 1. The largest absolute Gasteiger partial charge is 0.464 e. The second-order valence-corrected chi connectivity index (χ2v) is 6.48. The van der Waals surface area contributed by atoms with Gasteiger partial charge in [0.25, 0.3) is 0 Å². The van der Waals surface area contributed by atoms with Gasteiger partial charge in [-0.2, -0.15) is 0 Å². The maximum Gasteiger partial charge on any atom is 0.371 e. The third-order valence-electron chi connectivity index (χ3n) is 5.36. The fourth-order valence-electron chi connectivity index (χ4n) is 4.11. The second-order valence-electron chi connectivity index (χ2n) is 6.48. The Labute approximate surface area is 139 Å². The smallest absolute Gasteiger partial charge is 0.371 e. The number of hydrogen-bond acceptors (Lipinski definition) is 5. The van der Waals surface area contributed by atoms with E-state index in [0.717, 1.165) is 16.0 Å². The molecule has 0 aromatic heterocycles. The lowest BCUT2D eigenvalue weighted by molar-refractivity contribution is -0.735. The predicted molar refractivity (Wildman–Crippen MR) is 82.4 cm³/mol. The molecule has 2 amide bonds. The van der Waals surface area contributed by atoms with Crippen LogP contribution < -0.4 is 5.32 Å². The Morgan fingerprint density at radius 2 is 2.00 bits per heavy atom. The van der Waals surface area contributed by atoms with Crippen LogP contribution in [-0.4, -0.2) is 54.1 Å². The number of aliphatic hydroxyl groups excluding tert-OH is 1. The number of aliphatic hydroxyl groups is 1. The molecule has 0 bridgehead atoms. The fraction of sp³-hybridized carbons (Fsp3) is 0.471. The summed E-state index contributed by atoms with van der Waals surface area (Å²) in [5.41, 5.74) is 0.346. The molecule has 4 atom stereocenters. The molecule has 7 nitrogen and oxygen atoms in total. The number of rotatable bonds is 3. The van der Waals surface area contributed by atoms with Gasteiger partial charge >= 0.3 is 5.97 Å². The quantitative estimate of drug-likeness (QED) is 0.532. The van der Waals surface area contributed by atoms with Gasteiger partial charge in [-0.1, -0.05) is 24.3 Å². The average molecular weight is 333 g/mol. The number of ether oxygens (including phenoxy) is 1. The van der Waals surface area contributed by atoms with E-state index in [2.05, 4.69) is 0 Å². The van der Waals surface area contributed by atoms with E-state index in [4.69, 9.17) is 4.74 Å². The lowest BCUT2D eigenvalue weighted by atomic mass is 9.79. The first-order valence-corrected chi connectivity index (χ1v) is 7.81. The molecule has 0 aliphatic carbocycles. The first kappa shape index (κ1) is 16.6. The maximum absolute atomic E-state index is 12.7. The van der Waals surface area contributed by atoms with Gasteiger partial charge in [-0.25, -0.2) is 4.79 Å². The SMILES string of the molecule is COC(=O)[C@@]1(CO)[NH2+][C@@H](c2ccccc2C)[C@H]2C(=O)N(C)C(=O)[C@H]21. The summed E-state index contributed by atoms with van der Waals surface area (Å²) < 4.78 is 4.86. The van der Waals surface area contributed by atoms with Crippen molar-refractivity contribution in [3.8, 4) is 0 Å². The zero-order valence-electron chi connectivity index (χ0n) is 13.9. The van der Waals surface area contributed by atoms with E-state index in [0.29, 0.717) is 0 Å². The number of carbonyl (C=O) groups excluding carboxylic acids is 3. The molecule has 2 fully saturated rings. The summed E-state index contributed by atoms with van der Waals surface area (Å²) in [6.45, 7) is 1.34. The van der Waals surface area contributed by atoms with Crippen molar-refractivity contribution >= 4 is 17.8 Å². The highest BCUT2D eigenvalue weighted by Gasteiger charge is 2.72. The van der Waals surface area contributed by atoms with E-state index in [9.17, 15) is 19.5 Å². The van der Waals surface area contributed by atoms with Crippen molar-refractivity contribution in [2.24, 2.45) is 11.8 Å². The molecule has 0 saturated carbocycles. The van der Waals surface area contributed by atoms with Gasteiger partial charge in [-0.05, 0) is 12.5 Å². The van der Waals surface area contributed by atoms with E-state index >= 15 is 0 Å². The highest BCUT2D eigenvalue weighted by Crippen LogP contribution is 2.44. The minimum absolute atomic E-state index is 0.325. The molecule has 24 heavy (non-hydrogen) atoms. The molecule has 2 aliphatic heterocycles. The molecule has 0 spiro atoms. The van der Waals surface area contributed by atoms with Gasteiger partial charge in [0.2, 0.25) is 17.4 Å². The highest BCUT2D eigenvalue weighted by atomic mass is 16.5. The molecule has 7 heteroatoms. The fourth-order valence-corrected chi connectivity index (χ4v) is 4.11. The molecule has 3 N–H and O–H groups in total. The molecular weight excluding hydrogens is 312 g/mol. The highest BCUT2D eigenvalue weighted by molar-refractivity contribution is 6.08. The number of carbonyl (C=O) groups is 3. The standard InChI is InChI=1S/C17H20N2O5/c1-9-6-4-5-7-10(9)13-11-12(15(22)19(2)14(11)21)17(8-20,18-13)16(23)24-3/h4-7,11-13,18,20H,8H2,1-3H3/p+1/t11-,12-,13-,17-/m0/s1. The zero-order chi connectivity index (χ0) is 17.6. The summed E-state index contributed by atoms with van der Waals surface area (Å²) in [4.78, 5) is 38.8. The molecule has 3 rings (SSSR count). The Balaban J connectivity index is 2.17. The number of aryl methyl sites for hydroxylation is 1. The Morgan fingerprint density at radius 3 is 2.58 bits per heavy atom. The molecule has 1 aromatic rings. The van der Waals surface area contributed by atoms with Crippen molar-refractivity contribution in [1.82, 2.24) is 4.90 Å². The second kappa shape index (κ2) is 5.68. The molecule has 2 saturated heterocycles. The van der Waals surface area contributed by atoms with Gasteiger partial charge in [0.1, 0.15) is 24.5 Å². The van der Waals surface area contributed by atoms with E-state index in [1.807, 2.05) is 31.2 Å². The number of nitrogens with zero attached hydrogens (tertiary/aromatic N) is 1. The molecule has 128 valence electrons. The van der Waals surface area contributed by atoms with Crippen molar-refractivity contribution in [2.45, 2.75) is 18.5 Å². The van der Waals surface area contributed by atoms with Crippen LogP contribution in [0.4, 0.5) is 0 Å². The van der Waals surface area contributed by atoms with Crippen LogP contribution in [-0.2, 0) is 19.1 Å². The summed E-state index contributed by atoms with van der Waals surface area (Å²) in [7, 11) is 2.63. The van der Waals surface area contributed by atoms with Gasteiger partial charge in [0, 0.05) is 12.6 Å². The average Bonchev–Trinajstić information content (AvgIpc) is 3.05. The Morgan fingerprint density at radius 1 is 1.33 bits per heavy atom. The number of fused-ring (bicyclic) bond motifs is 1. The number of likely N-dealkylation sites (tertiary alicyclic amines) is 1. The van der Waals surface area contributed by atoms with Crippen molar-refractivity contribution in [2.75, 3.05) is 20.8 Å². The number of esters is 1. The Kier molecular flexibility index (Phi) is 3.93. The van der Waals surface area contributed by atoms with Crippen LogP contribution in [0.15, 0.2) is 24.3 Å². The number of hydrogen-bond donors (Lipinski definition) is 2. The van der Waals surface area contributed by atoms with Crippen LogP contribution >= 0.6 is 0 Å². The Bertz CT molecular complexity index is 719. The van der Waals surface area contributed by atoms with Gasteiger partial charge in [0.15, 0.2) is 0 Å². The van der Waals surface area contributed by atoms with Gasteiger partial charge in [-0.15, -0.1) is 0 Å². The molecule has 2 aliphatic rings. The van der Waals surface area contributed by atoms with Crippen LogP contribution in [0.5, 0.6) is 0 Å². The predicted octanol–water partition coefficient (Wildman–Crippen LogP) is -1.25. The first-order chi connectivity index (χ1) is 11.4. The molecular formula is C17H21N2O5+. The minimum Gasteiger partial charge on any atom is -0.464 e. The third kappa shape index (κ3) is 2.01. The summed E-state index contributed by atoms with van der Waals surface area (Å²) in [6, 6.07) is 7.12. The minimum atomic E-state index is -1.50. The summed E-state index contributed by atoms with van der Waals surface area (Å²) in [5.74, 6) is -3.09. The first-order valence-electron chi connectivity index (χ1n) is 7.81. The van der Waals surface area contributed by atoms with E-state index in [1.54, 1.807) is 5.32 Å². The van der Waals surface area contributed by atoms with Crippen LogP contribution in [0, 0.1) is 18.8 Å². The van der Waals surface area contributed by atoms with E-state index in [-0.39, 0.29) is 5.91 Å². The number of benzene rings is 1. The van der Waals surface area contributed by atoms with Crippen molar-refractivity contribution in [3.05, 3.63) is 35.4 Å². The van der Waals surface area contributed by atoms with Crippen LogP contribution in [0.1, 0.15) is 17.2 Å². The number of imide groups is 1. The molecule has 2 heterocycles. The number of nitrogens with two attached hydrogens (primary N) is 1. The van der Waals surface area contributed by atoms with Gasteiger partial charge in [0.05, 0.1) is 7.11 Å².